The smallest absolute Gasteiger partial charge is 0.240 e. The van der Waals surface area contributed by atoms with Crippen LogP contribution >= 0.6 is 0 Å². The SMILES string of the molecule is Cc1cc2ccccc2n1CCNC(=O)Cn1cc(S(=O)(=O)c2ccccc2)c2ccccc21. The average molecular weight is 472 g/mol. The number of carbonyl (C=O) groups is 1. The van der Waals surface area contributed by atoms with Crippen LogP contribution in [-0.2, 0) is 27.7 Å². The molecule has 5 aromatic rings. The molecule has 0 atom stereocenters. The molecular weight excluding hydrogens is 446 g/mol. The van der Waals surface area contributed by atoms with Gasteiger partial charge in [0.2, 0.25) is 15.7 Å². The molecule has 0 radical (unpaired) electrons. The Labute approximate surface area is 198 Å². The number of hydrogen-bond acceptors (Lipinski definition) is 3. The highest BCUT2D eigenvalue weighted by Crippen LogP contribution is 2.30. The molecule has 0 spiro atoms. The minimum Gasteiger partial charge on any atom is -0.353 e. The molecule has 2 aromatic heterocycles. The quantitative estimate of drug-likeness (QED) is 0.378. The first-order valence-electron chi connectivity index (χ1n) is 11.1. The number of rotatable bonds is 7. The van der Waals surface area contributed by atoms with Gasteiger partial charge in [-0.1, -0.05) is 54.6 Å². The minimum atomic E-state index is -3.71. The first kappa shape index (κ1) is 22.0. The molecule has 3 aromatic carbocycles. The number of nitrogens with one attached hydrogen (secondary N) is 1. The molecule has 2 heterocycles. The van der Waals surface area contributed by atoms with Crippen LogP contribution in [0.5, 0.6) is 0 Å². The molecule has 5 rings (SSSR count). The fourth-order valence-electron chi connectivity index (χ4n) is 4.45. The van der Waals surface area contributed by atoms with Crippen molar-refractivity contribution in [2.45, 2.75) is 29.8 Å². The van der Waals surface area contributed by atoms with Gasteiger partial charge in [0.15, 0.2) is 0 Å². The Balaban J connectivity index is 1.35. The van der Waals surface area contributed by atoms with Gasteiger partial charge in [0.25, 0.3) is 0 Å². The van der Waals surface area contributed by atoms with Gasteiger partial charge in [-0.05, 0) is 42.6 Å². The van der Waals surface area contributed by atoms with Gasteiger partial charge in [-0.15, -0.1) is 0 Å². The third kappa shape index (κ3) is 3.99. The molecule has 0 aliphatic carbocycles. The number of benzene rings is 3. The number of fused-ring (bicyclic) bond motifs is 2. The van der Waals surface area contributed by atoms with E-state index in [0.717, 1.165) is 11.2 Å². The fourth-order valence-corrected chi connectivity index (χ4v) is 5.95. The lowest BCUT2D eigenvalue weighted by Gasteiger charge is -2.10. The van der Waals surface area contributed by atoms with Gasteiger partial charge >= 0.3 is 0 Å². The van der Waals surface area contributed by atoms with Gasteiger partial charge in [-0.25, -0.2) is 8.42 Å². The van der Waals surface area contributed by atoms with Crippen LogP contribution in [-0.4, -0.2) is 30.0 Å². The second-order valence-electron chi connectivity index (χ2n) is 8.30. The highest BCUT2D eigenvalue weighted by molar-refractivity contribution is 7.91. The summed E-state index contributed by atoms with van der Waals surface area (Å²) in [6.07, 6.45) is 1.57. The van der Waals surface area contributed by atoms with Crippen molar-refractivity contribution in [3.63, 3.8) is 0 Å². The molecule has 0 saturated carbocycles. The number of hydrogen-bond donors (Lipinski definition) is 1. The summed E-state index contributed by atoms with van der Waals surface area (Å²) in [7, 11) is -3.71. The van der Waals surface area contributed by atoms with Crippen LogP contribution in [0.2, 0.25) is 0 Å². The number of aromatic nitrogens is 2. The van der Waals surface area contributed by atoms with Crippen molar-refractivity contribution in [3.05, 3.63) is 96.8 Å². The Morgan fingerprint density at radius 3 is 2.35 bits per heavy atom. The molecule has 172 valence electrons. The zero-order chi connectivity index (χ0) is 23.7. The number of para-hydroxylation sites is 2. The normalized spacial score (nSPS) is 11.8. The van der Waals surface area contributed by atoms with E-state index in [1.165, 1.54) is 5.39 Å². The van der Waals surface area contributed by atoms with Crippen LogP contribution in [0.3, 0.4) is 0 Å². The van der Waals surface area contributed by atoms with E-state index in [1.54, 1.807) is 53.2 Å². The van der Waals surface area contributed by atoms with Gasteiger partial charge in [0.1, 0.15) is 6.54 Å². The second-order valence-corrected chi connectivity index (χ2v) is 10.2. The molecule has 0 fully saturated rings. The van der Waals surface area contributed by atoms with Crippen molar-refractivity contribution < 1.29 is 13.2 Å². The van der Waals surface area contributed by atoms with Crippen LogP contribution in [0.25, 0.3) is 21.8 Å². The summed E-state index contributed by atoms with van der Waals surface area (Å²) < 4.78 is 30.4. The van der Waals surface area contributed by atoms with Crippen molar-refractivity contribution in [2.24, 2.45) is 0 Å². The lowest BCUT2D eigenvalue weighted by atomic mass is 10.2. The Hall–Kier alpha value is -3.84. The molecule has 0 unspecified atom stereocenters. The maximum Gasteiger partial charge on any atom is 0.240 e. The number of sulfone groups is 1. The Kier molecular flexibility index (Phi) is 5.71. The van der Waals surface area contributed by atoms with Crippen molar-refractivity contribution >= 4 is 37.6 Å². The molecule has 0 saturated heterocycles. The molecule has 0 aliphatic heterocycles. The Morgan fingerprint density at radius 2 is 1.56 bits per heavy atom. The molecule has 6 nitrogen and oxygen atoms in total. The summed E-state index contributed by atoms with van der Waals surface area (Å²) in [5, 5.41) is 4.76. The maximum atomic E-state index is 13.3. The van der Waals surface area contributed by atoms with Crippen molar-refractivity contribution in [1.29, 1.82) is 0 Å². The molecular formula is C27H25N3O3S. The lowest BCUT2D eigenvalue weighted by Crippen LogP contribution is -2.30. The van der Waals surface area contributed by atoms with E-state index in [0.29, 0.717) is 24.0 Å². The summed E-state index contributed by atoms with van der Waals surface area (Å²) >= 11 is 0. The molecule has 1 amide bonds. The van der Waals surface area contributed by atoms with Gasteiger partial charge in [0, 0.05) is 41.4 Å². The van der Waals surface area contributed by atoms with Gasteiger partial charge in [-0.2, -0.15) is 0 Å². The van der Waals surface area contributed by atoms with E-state index >= 15 is 0 Å². The van der Waals surface area contributed by atoms with Crippen molar-refractivity contribution in [2.75, 3.05) is 6.54 Å². The summed E-state index contributed by atoms with van der Waals surface area (Å²) in [6, 6.07) is 25.9. The van der Waals surface area contributed by atoms with E-state index in [1.807, 2.05) is 24.3 Å². The maximum absolute atomic E-state index is 13.3. The van der Waals surface area contributed by atoms with Gasteiger partial charge < -0.3 is 14.5 Å². The summed E-state index contributed by atoms with van der Waals surface area (Å²) in [6.45, 7) is 3.23. The molecule has 7 heteroatoms. The van der Waals surface area contributed by atoms with Crippen LogP contribution in [0.4, 0.5) is 0 Å². The third-order valence-electron chi connectivity index (χ3n) is 6.08. The summed E-state index contributed by atoms with van der Waals surface area (Å²) in [4.78, 5) is 13.2. The van der Waals surface area contributed by atoms with Gasteiger partial charge in [-0.3, -0.25) is 4.79 Å². The predicted octanol–water partition coefficient (Wildman–Crippen LogP) is 4.55. The van der Waals surface area contributed by atoms with Crippen LogP contribution in [0.1, 0.15) is 5.69 Å². The van der Waals surface area contributed by atoms with E-state index < -0.39 is 9.84 Å². The topological polar surface area (TPSA) is 73.1 Å². The van der Waals surface area contributed by atoms with E-state index in [2.05, 4.69) is 35.0 Å². The first-order valence-corrected chi connectivity index (χ1v) is 12.6. The number of nitrogens with zero attached hydrogens (tertiary/aromatic N) is 2. The first-order chi connectivity index (χ1) is 16.4. The minimum absolute atomic E-state index is 0.0379. The number of aryl methyl sites for hydroxylation is 1. The highest BCUT2D eigenvalue weighted by atomic mass is 32.2. The standard InChI is InChI=1S/C27H25N3O3S/c1-20-17-21-9-5-7-13-24(21)30(20)16-15-28-27(31)19-29-18-26(23-12-6-8-14-25(23)29)34(32,33)22-10-3-2-4-11-22/h2-14,17-18H,15-16,19H2,1H3,(H,28,31). The van der Waals surface area contributed by atoms with Crippen molar-refractivity contribution in [1.82, 2.24) is 14.5 Å². The molecule has 0 aliphatic rings. The average Bonchev–Trinajstić information content (AvgIpc) is 3.37. The van der Waals surface area contributed by atoms with E-state index in [4.69, 9.17) is 0 Å². The Morgan fingerprint density at radius 1 is 0.882 bits per heavy atom. The predicted molar refractivity (Wildman–Crippen MR) is 134 cm³/mol. The highest BCUT2D eigenvalue weighted by Gasteiger charge is 2.23. The van der Waals surface area contributed by atoms with Crippen LogP contribution < -0.4 is 5.32 Å². The molecule has 0 bridgehead atoms. The van der Waals surface area contributed by atoms with Crippen molar-refractivity contribution in [3.8, 4) is 0 Å². The van der Waals surface area contributed by atoms with E-state index in [-0.39, 0.29) is 22.2 Å². The van der Waals surface area contributed by atoms with Crippen LogP contribution in [0.15, 0.2) is 101 Å². The molecule has 34 heavy (non-hydrogen) atoms. The summed E-state index contributed by atoms with van der Waals surface area (Å²) in [5.41, 5.74) is 2.99. The third-order valence-corrected chi connectivity index (χ3v) is 7.88. The second kappa shape index (κ2) is 8.83. The van der Waals surface area contributed by atoms with Gasteiger partial charge in [0.05, 0.1) is 9.79 Å². The Bertz CT molecular complexity index is 1600. The largest absolute Gasteiger partial charge is 0.353 e. The summed E-state index contributed by atoms with van der Waals surface area (Å²) in [5.74, 6) is -0.168. The zero-order valence-corrected chi connectivity index (χ0v) is 19.6. The fraction of sp³-hybridized carbons (Fsp3) is 0.148. The monoisotopic (exact) mass is 471 g/mol. The van der Waals surface area contributed by atoms with E-state index in [9.17, 15) is 13.2 Å². The molecule has 1 N–H and O–H groups in total. The lowest BCUT2D eigenvalue weighted by molar-refractivity contribution is -0.121. The zero-order valence-electron chi connectivity index (χ0n) is 18.8. The van der Waals surface area contributed by atoms with Crippen LogP contribution in [0, 0.1) is 6.92 Å². The number of carbonyl (C=O) groups excluding carboxylic acids is 1. The number of amides is 1.